The highest BCUT2D eigenvalue weighted by Gasteiger charge is 2.11. The SMILES string of the molecule is CCOc1cc(/C=c2\sc3nc4ccccc4n3c2=O)ccc1OCCOCCOc1ccccc1. The van der Waals surface area contributed by atoms with Crippen molar-refractivity contribution in [3.05, 3.63) is 93.2 Å². The second-order valence-electron chi connectivity index (χ2n) is 7.90. The summed E-state index contributed by atoms with van der Waals surface area (Å²) < 4.78 is 25.2. The third kappa shape index (κ3) is 5.35. The number of para-hydroxylation sites is 3. The topological polar surface area (TPSA) is 71.3 Å². The number of hydrogen-bond donors (Lipinski definition) is 0. The second kappa shape index (κ2) is 11.2. The second-order valence-corrected chi connectivity index (χ2v) is 8.90. The van der Waals surface area contributed by atoms with Gasteiger partial charge in [-0.05, 0) is 55.0 Å². The maximum atomic E-state index is 13.0. The molecular formula is C28H26N2O5S. The van der Waals surface area contributed by atoms with E-state index in [4.69, 9.17) is 18.9 Å². The molecule has 5 aromatic rings. The zero-order valence-corrected chi connectivity index (χ0v) is 20.7. The van der Waals surface area contributed by atoms with E-state index in [9.17, 15) is 4.79 Å². The minimum absolute atomic E-state index is 0.0737. The fraction of sp³-hybridized carbons (Fsp3) is 0.214. The Morgan fingerprint density at radius 2 is 1.64 bits per heavy atom. The average Bonchev–Trinajstić information content (AvgIpc) is 3.41. The number of aromatic nitrogens is 2. The summed E-state index contributed by atoms with van der Waals surface area (Å²) in [6.07, 6.45) is 1.86. The van der Waals surface area contributed by atoms with Crippen LogP contribution < -0.4 is 24.3 Å². The Morgan fingerprint density at radius 1 is 0.861 bits per heavy atom. The third-order valence-electron chi connectivity index (χ3n) is 5.44. The normalized spacial score (nSPS) is 11.9. The minimum atomic E-state index is -0.0737. The van der Waals surface area contributed by atoms with Crippen molar-refractivity contribution in [1.29, 1.82) is 0 Å². The van der Waals surface area contributed by atoms with Gasteiger partial charge in [0.05, 0.1) is 35.4 Å². The van der Waals surface area contributed by atoms with Crippen LogP contribution in [0, 0.1) is 0 Å². The summed E-state index contributed by atoms with van der Waals surface area (Å²) >= 11 is 1.37. The molecule has 0 spiro atoms. The maximum absolute atomic E-state index is 13.0. The summed E-state index contributed by atoms with van der Waals surface area (Å²) in [6, 6.07) is 22.9. The van der Waals surface area contributed by atoms with Gasteiger partial charge in [-0.25, -0.2) is 9.38 Å². The molecule has 0 saturated carbocycles. The molecule has 0 amide bonds. The molecule has 0 saturated heterocycles. The van der Waals surface area contributed by atoms with Crippen LogP contribution in [0.4, 0.5) is 0 Å². The van der Waals surface area contributed by atoms with Gasteiger partial charge in [-0.15, -0.1) is 0 Å². The van der Waals surface area contributed by atoms with Crippen molar-refractivity contribution in [2.24, 2.45) is 0 Å². The van der Waals surface area contributed by atoms with Gasteiger partial charge in [0.15, 0.2) is 16.5 Å². The molecule has 0 fully saturated rings. The molecule has 0 unspecified atom stereocenters. The molecule has 2 aromatic heterocycles. The lowest BCUT2D eigenvalue weighted by Crippen LogP contribution is -2.22. The van der Waals surface area contributed by atoms with Gasteiger partial charge in [0.25, 0.3) is 5.56 Å². The predicted octanol–water partition coefficient (Wildman–Crippen LogP) is 4.33. The monoisotopic (exact) mass is 502 g/mol. The van der Waals surface area contributed by atoms with E-state index in [0.717, 1.165) is 22.3 Å². The van der Waals surface area contributed by atoms with E-state index in [1.807, 2.05) is 85.8 Å². The fourth-order valence-electron chi connectivity index (χ4n) is 3.81. The first-order valence-corrected chi connectivity index (χ1v) is 12.6. The molecule has 2 heterocycles. The minimum Gasteiger partial charge on any atom is -0.491 e. The molecule has 36 heavy (non-hydrogen) atoms. The van der Waals surface area contributed by atoms with E-state index in [0.29, 0.717) is 54.0 Å². The van der Waals surface area contributed by atoms with E-state index in [-0.39, 0.29) is 5.56 Å². The molecule has 0 aliphatic rings. The van der Waals surface area contributed by atoms with E-state index in [2.05, 4.69) is 4.98 Å². The summed E-state index contributed by atoms with van der Waals surface area (Å²) in [5, 5.41) is 0. The maximum Gasteiger partial charge on any atom is 0.274 e. The van der Waals surface area contributed by atoms with Crippen LogP contribution in [0.3, 0.4) is 0 Å². The van der Waals surface area contributed by atoms with Crippen LogP contribution in [-0.2, 0) is 4.74 Å². The average molecular weight is 503 g/mol. The summed E-state index contributed by atoms with van der Waals surface area (Å²) in [4.78, 5) is 18.3. The molecule has 0 bridgehead atoms. The summed E-state index contributed by atoms with van der Waals surface area (Å²) in [6.45, 7) is 4.18. The van der Waals surface area contributed by atoms with Crippen LogP contribution >= 0.6 is 11.3 Å². The van der Waals surface area contributed by atoms with Crippen LogP contribution in [0.5, 0.6) is 17.2 Å². The van der Waals surface area contributed by atoms with Gasteiger partial charge in [0.1, 0.15) is 19.0 Å². The van der Waals surface area contributed by atoms with Crippen molar-refractivity contribution in [1.82, 2.24) is 9.38 Å². The predicted molar refractivity (Wildman–Crippen MR) is 141 cm³/mol. The Kier molecular flexibility index (Phi) is 7.44. The number of rotatable bonds is 11. The van der Waals surface area contributed by atoms with E-state index >= 15 is 0 Å². The molecular weight excluding hydrogens is 476 g/mol. The number of hydrogen-bond acceptors (Lipinski definition) is 7. The molecule has 0 N–H and O–H groups in total. The Balaban J connectivity index is 1.22. The zero-order valence-electron chi connectivity index (χ0n) is 19.9. The number of nitrogens with zero attached hydrogens (tertiary/aromatic N) is 2. The Bertz CT molecular complexity index is 1560. The highest BCUT2D eigenvalue weighted by atomic mass is 32.1. The van der Waals surface area contributed by atoms with Gasteiger partial charge >= 0.3 is 0 Å². The highest BCUT2D eigenvalue weighted by Crippen LogP contribution is 2.29. The molecule has 7 nitrogen and oxygen atoms in total. The highest BCUT2D eigenvalue weighted by molar-refractivity contribution is 7.15. The molecule has 0 radical (unpaired) electrons. The van der Waals surface area contributed by atoms with E-state index < -0.39 is 0 Å². The Labute approximate surface area is 212 Å². The van der Waals surface area contributed by atoms with Crippen molar-refractivity contribution < 1.29 is 18.9 Å². The summed E-state index contributed by atoms with van der Waals surface area (Å²) in [7, 11) is 0. The Hall–Kier alpha value is -3.88. The van der Waals surface area contributed by atoms with Crippen molar-refractivity contribution in [3.8, 4) is 17.2 Å². The number of thiazole rings is 1. The first-order chi connectivity index (χ1) is 17.7. The number of imidazole rings is 1. The quantitative estimate of drug-likeness (QED) is 0.251. The van der Waals surface area contributed by atoms with Gasteiger partial charge in [-0.3, -0.25) is 4.79 Å². The van der Waals surface area contributed by atoms with Gasteiger partial charge < -0.3 is 18.9 Å². The molecule has 184 valence electrons. The van der Waals surface area contributed by atoms with E-state index in [1.165, 1.54) is 11.3 Å². The van der Waals surface area contributed by atoms with Crippen LogP contribution in [0.1, 0.15) is 12.5 Å². The van der Waals surface area contributed by atoms with Crippen molar-refractivity contribution >= 4 is 33.4 Å². The molecule has 0 aliphatic carbocycles. The smallest absolute Gasteiger partial charge is 0.274 e. The van der Waals surface area contributed by atoms with E-state index in [1.54, 1.807) is 4.40 Å². The lowest BCUT2D eigenvalue weighted by molar-refractivity contribution is 0.0755. The molecule has 3 aromatic carbocycles. The molecule has 5 rings (SSSR count). The molecule has 0 aliphatic heterocycles. The largest absolute Gasteiger partial charge is 0.491 e. The van der Waals surface area contributed by atoms with Crippen LogP contribution in [-0.4, -0.2) is 42.4 Å². The van der Waals surface area contributed by atoms with Crippen molar-refractivity contribution in [2.45, 2.75) is 6.92 Å². The third-order valence-corrected chi connectivity index (χ3v) is 6.40. The Morgan fingerprint density at radius 3 is 2.47 bits per heavy atom. The van der Waals surface area contributed by atoms with Gasteiger partial charge in [0, 0.05) is 0 Å². The van der Waals surface area contributed by atoms with Crippen molar-refractivity contribution in [2.75, 3.05) is 33.0 Å². The molecule has 0 atom stereocenters. The lowest BCUT2D eigenvalue weighted by atomic mass is 10.2. The van der Waals surface area contributed by atoms with Gasteiger partial charge in [0.2, 0.25) is 0 Å². The van der Waals surface area contributed by atoms with Crippen LogP contribution in [0.2, 0.25) is 0 Å². The fourth-order valence-corrected chi connectivity index (χ4v) is 4.80. The summed E-state index contributed by atoms with van der Waals surface area (Å²) in [5.41, 5.74) is 2.42. The van der Waals surface area contributed by atoms with Crippen molar-refractivity contribution in [3.63, 3.8) is 0 Å². The standard InChI is InChI=1S/C28H26N2O5S/c1-2-33-25-18-20(19-26-27(31)30-23-11-7-6-10-22(23)29-28(30)36-26)12-13-24(25)35-17-15-32-14-16-34-21-8-4-3-5-9-21/h3-13,18-19H,2,14-17H2,1H3/b26-19-. The van der Waals surface area contributed by atoms with Crippen LogP contribution in [0.25, 0.3) is 22.1 Å². The van der Waals surface area contributed by atoms with Gasteiger partial charge in [-0.1, -0.05) is 47.7 Å². The first-order valence-electron chi connectivity index (χ1n) is 11.8. The number of fused-ring (bicyclic) bond motifs is 3. The molecule has 8 heteroatoms. The van der Waals surface area contributed by atoms with Crippen LogP contribution in [0.15, 0.2) is 77.6 Å². The first kappa shape index (κ1) is 23.8. The number of ether oxygens (including phenoxy) is 4. The lowest BCUT2D eigenvalue weighted by Gasteiger charge is -2.13. The summed E-state index contributed by atoms with van der Waals surface area (Å²) in [5.74, 6) is 2.08. The zero-order chi connectivity index (χ0) is 24.7. The van der Waals surface area contributed by atoms with Gasteiger partial charge in [-0.2, -0.15) is 0 Å². The number of benzene rings is 3.